The van der Waals surface area contributed by atoms with Gasteiger partial charge in [0.15, 0.2) is 0 Å². The Morgan fingerprint density at radius 3 is 2.59 bits per heavy atom. The first-order valence-corrected chi connectivity index (χ1v) is 12.4. The summed E-state index contributed by atoms with van der Waals surface area (Å²) in [6, 6.07) is 7.88. The predicted molar refractivity (Wildman–Crippen MR) is 127 cm³/mol. The summed E-state index contributed by atoms with van der Waals surface area (Å²) in [6.45, 7) is 2.34. The van der Waals surface area contributed by atoms with Crippen molar-refractivity contribution in [2.75, 3.05) is 0 Å². The molecule has 2 amide bonds. The number of benzene rings is 1. The van der Waals surface area contributed by atoms with Gasteiger partial charge in [-0.3, -0.25) is 19.5 Å². The molecule has 0 spiro atoms. The molecular formula is C25H25ClN2O3S. The van der Waals surface area contributed by atoms with E-state index in [4.69, 9.17) is 16.3 Å². The van der Waals surface area contributed by atoms with Gasteiger partial charge in [-0.2, -0.15) is 0 Å². The van der Waals surface area contributed by atoms with Crippen molar-refractivity contribution in [1.29, 1.82) is 0 Å². The van der Waals surface area contributed by atoms with Crippen LogP contribution in [0, 0.1) is 6.92 Å². The van der Waals surface area contributed by atoms with Gasteiger partial charge >= 0.3 is 0 Å². The van der Waals surface area contributed by atoms with Crippen LogP contribution < -0.4 is 4.74 Å². The number of thiophene rings is 1. The maximum Gasteiger partial charge on any atom is 0.230 e. The maximum absolute atomic E-state index is 12.1. The van der Waals surface area contributed by atoms with Crippen molar-refractivity contribution >= 4 is 45.0 Å². The molecule has 1 saturated carbocycles. The fraction of sp³-hybridized carbons (Fsp3) is 0.400. The second kappa shape index (κ2) is 8.83. The molecular weight excluding hydrogens is 444 g/mol. The molecule has 7 heteroatoms. The van der Waals surface area contributed by atoms with Gasteiger partial charge in [-0.1, -0.05) is 18.0 Å². The number of fused-ring (bicyclic) bond motifs is 1. The molecule has 5 nitrogen and oxygen atoms in total. The third-order valence-electron chi connectivity index (χ3n) is 6.30. The molecule has 0 atom stereocenters. The Hall–Kier alpha value is -2.44. The van der Waals surface area contributed by atoms with E-state index in [9.17, 15) is 9.59 Å². The van der Waals surface area contributed by atoms with Crippen LogP contribution in [0.4, 0.5) is 0 Å². The van der Waals surface area contributed by atoms with Crippen LogP contribution >= 0.6 is 22.9 Å². The monoisotopic (exact) mass is 468 g/mol. The second-order valence-corrected chi connectivity index (χ2v) is 10.2. The molecule has 2 fully saturated rings. The van der Waals surface area contributed by atoms with Gasteiger partial charge in [0.25, 0.3) is 0 Å². The van der Waals surface area contributed by atoms with E-state index in [2.05, 4.69) is 4.98 Å². The van der Waals surface area contributed by atoms with E-state index >= 15 is 0 Å². The molecule has 2 aromatic heterocycles. The average Bonchev–Trinajstić information content (AvgIpc) is 3.34. The summed E-state index contributed by atoms with van der Waals surface area (Å²) in [4.78, 5) is 31.0. The van der Waals surface area contributed by atoms with E-state index < -0.39 is 0 Å². The van der Waals surface area contributed by atoms with Crippen LogP contribution in [-0.4, -0.2) is 27.8 Å². The van der Waals surface area contributed by atoms with Crippen LogP contribution in [0.25, 0.3) is 21.3 Å². The quantitative estimate of drug-likeness (QED) is 0.413. The Morgan fingerprint density at radius 1 is 1.09 bits per heavy atom. The highest BCUT2D eigenvalue weighted by molar-refractivity contribution is 7.19. The van der Waals surface area contributed by atoms with Gasteiger partial charge in [-0.15, -0.1) is 11.3 Å². The lowest BCUT2D eigenvalue weighted by molar-refractivity contribution is -0.138. The molecule has 0 radical (unpaired) electrons. The van der Waals surface area contributed by atoms with Crippen molar-refractivity contribution in [2.24, 2.45) is 0 Å². The minimum absolute atomic E-state index is 0.103. The van der Waals surface area contributed by atoms with Gasteiger partial charge < -0.3 is 4.74 Å². The minimum atomic E-state index is -0.103. The molecule has 2 aliphatic rings. The molecule has 1 aromatic carbocycles. The van der Waals surface area contributed by atoms with Crippen molar-refractivity contribution in [1.82, 2.24) is 9.88 Å². The fourth-order valence-corrected chi connectivity index (χ4v) is 6.07. The summed E-state index contributed by atoms with van der Waals surface area (Å²) in [6.07, 6.45) is 8.46. The van der Waals surface area contributed by atoms with E-state index in [1.807, 2.05) is 31.2 Å². The van der Waals surface area contributed by atoms with Crippen LogP contribution in [0.1, 0.15) is 55.4 Å². The first-order valence-electron chi connectivity index (χ1n) is 11.2. The summed E-state index contributed by atoms with van der Waals surface area (Å²) in [5, 5.41) is 0.670. The molecule has 32 heavy (non-hydrogen) atoms. The maximum atomic E-state index is 12.1. The molecule has 5 rings (SSSR count). The largest absolute Gasteiger partial charge is 0.490 e. The highest BCUT2D eigenvalue weighted by atomic mass is 35.5. The van der Waals surface area contributed by atoms with Crippen LogP contribution in [-0.2, 0) is 16.1 Å². The van der Waals surface area contributed by atoms with E-state index in [-0.39, 0.29) is 17.9 Å². The lowest BCUT2D eigenvalue weighted by Crippen LogP contribution is -2.27. The third kappa shape index (κ3) is 4.14. The molecule has 0 N–H and O–H groups in total. The van der Waals surface area contributed by atoms with Gasteiger partial charge in [0, 0.05) is 40.1 Å². The topological polar surface area (TPSA) is 59.5 Å². The SMILES string of the molecule is Cc1cc(Cl)cc(-c2ccnc3cc(CN4C(=O)CCC4=O)sc23)c1OC1CCCCC1. The highest BCUT2D eigenvalue weighted by Crippen LogP contribution is 2.42. The number of carbonyl (C=O) groups is 2. The Balaban J connectivity index is 1.55. The standard InChI is InChI=1S/C25H25ClN2O3S/c1-15-11-16(26)12-20(24(15)31-17-5-3-2-4-6-17)19-9-10-27-21-13-18(32-25(19)21)14-28-22(29)7-8-23(28)30/h9-13,17H,2-8,14H2,1H3. The van der Waals surface area contributed by atoms with Gasteiger partial charge in [0.2, 0.25) is 11.8 Å². The van der Waals surface area contributed by atoms with Crippen molar-refractivity contribution < 1.29 is 14.3 Å². The minimum Gasteiger partial charge on any atom is -0.490 e. The Morgan fingerprint density at radius 2 is 1.84 bits per heavy atom. The molecule has 1 aliphatic heterocycles. The summed E-state index contributed by atoms with van der Waals surface area (Å²) >= 11 is 8.04. The lowest BCUT2D eigenvalue weighted by atomic mass is 9.97. The molecule has 0 bridgehead atoms. The summed E-state index contributed by atoms with van der Waals surface area (Å²) in [5.74, 6) is 0.678. The van der Waals surface area contributed by atoms with Crippen molar-refractivity contribution in [3.63, 3.8) is 0 Å². The van der Waals surface area contributed by atoms with Crippen LogP contribution in [0.15, 0.2) is 30.5 Å². The first kappa shape index (κ1) is 21.4. The highest BCUT2D eigenvalue weighted by Gasteiger charge is 2.29. The number of halogens is 1. The Labute approximate surface area is 196 Å². The van der Waals surface area contributed by atoms with Crippen LogP contribution in [0.3, 0.4) is 0 Å². The van der Waals surface area contributed by atoms with Crippen LogP contribution in [0.2, 0.25) is 5.02 Å². The number of hydrogen-bond acceptors (Lipinski definition) is 5. The number of aromatic nitrogens is 1. The van der Waals surface area contributed by atoms with E-state index in [0.717, 1.165) is 50.4 Å². The zero-order valence-electron chi connectivity index (χ0n) is 18.0. The van der Waals surface area contributed by atoms with Crippen LogP contribution in [0.5, 0.6) is 5.75 Å². The molecule has 166 valence electrons. The summed E-state index contributed by atoms with van der Waals surface area (Å²) < 4.78 is 7.56. The van der Waals surface area contributed by atoms with Crippen molar-refractivity contribution in [3.05, 3.63) is 45.9 Å². The number of carbonyl (C=O) groups excluding carboxylic acids is 2. The lowest BCUT2D eigenvalue weighted by Gasteiger charge is -2.25. The Bertz CT molecular complexity index is 1180. The number of amides is 2. The van der Waals surface area contributed by atoms with Crippen molar-refractivity contribution in [2.45, 2.75) is 64.5 Å². The average molecular weight is 469 g/mol. The predicted octanol–water partition coefficient (Wildman–Crippen LogP) is 6.29. The van der Waals surface area contributed by atoms with E-state index in [1.165, 1.54) is 24.2 Å². The summed E-state index contributed by atoms with van der Waals surface area (Å²) in [5.41, 5.74) is 3.85. The molecule has 1 aliphatic carbocycles. The normalized spacial score (nSPS) is 17.5. The number of likely N-dealkylation sites (tertiary alicyclic amines) is 1. The smallest absolute Gasteiger partial charge is 0.230 e. The molecule has 0 unspecified atom stereocenters. The third-order valence-corrected chi connectivity index (χ3v) is 7.66. The number of pyridine rings is 1. The van der Waals surface area contributed by atoms with Gasteiger partial charge in [-0.25, -0.2) is 0 Å². The van der Waals surface area contributed by atoms with E-state index in [1.54, 1.807) is 17.5 Å². The van der Waals surface area contributed by atoms with E-state index in [0.29, 0.717) is 24.4 Å². The van der Waals surface area contributed by atoms with Gasteiger partial charge in [-0.05, 0) is 62.4 Å². The Kier molecular flexibility index (Phi) is 5.91. The van der Waals surface area contributed by atoms with Gasteiger partial charge in [0.05, 0.1) is 22.9 Å². The molecule has 3 aromatic rings. The zero-order chi connectivity index (χ0) is 22.2. The number of nitrogens with zero attached hydrogens (tertiary/aromatic N) is 2. The first-order chi connectivity index (χ1) is 15.5. The molecule has 3 heterocycles. The number of ether oxygens (including phenoxy) is 1. The fourth-order valence-electron chi connectivity index (χ4n) is 4.67. The number of hydrogen-bond donors (Lipinski definition) is 0. The van der Waals surface area contributed by atoms with Gasteiger partial charge in [0.1, 0.15) is 5.75 Å². The number of rotatable bonds is 5. The zero-order valence-corrected chi connectivity index (χ0v) is 19.6. The summed E-state index contributed by atoms with van der Waals surface area (Å²) in [7, 11) is 0. The number of imide groups is 1. The molecule has 1 saturated heterocycles. The van der Waals surface area contributed by atoms with Crippen molar-refractivity contribution in [3.8, 4) is 16.9 Å². The second-order valence-electron chi connectivity index (χ2n) is 8.64. The number of aryl methyl sites for hydroxylation is 1.